The predicted octanol–water partition coefficient (Wildman–Crippen LogP) is 1.000. The Bertz CT molecular complexity index is 504. The van der Waals surface area contributed by atoms with Crippen molar-refractivity contribution in [2.24, 2.45) is 11.1 Å². The van der Waals surface area contributed by atoms with E-state index < -0.39 is 5.41 Å². The highest BCUT2D eigenvalue weighted by molar-refractivity contribution is 7.09. The predicted molar refractivity (Wildman–Crippen MR) is 92.6 cm³/mol. The number of halogens is 1. The van der Waals surface area contributed by atoms with Gasteiger partial charge < -0.3 is 20.7 Å². The van der Waals surface area contributed by atoms with E-state index in [1.165, 1.54) is 4.90 Å². The van der Waals surface area contributed by atoms with Gasteiger partial charge in [0.25, 0.3) is 0 Å². The topological polar surface area (TPSA) is 84.7 Å². The smallest absolute Gasteiger partial charge is 0.239 e. The molecule has 0 saturated carbocycles. The van der Waals surface area contributed by atoms with Crippen LogP contribution < -0.4 is 11.1 Å². The van der Waals surface area contributed by atoms with E-state index in [1.807, 2.05) is 17.5 Å². The van der Waals surface area contributed by atoms with E-state index in [1.54, 1.807) is 18.4 Å². The average molecular weight is 362 g/mol. The Balaban J connectivity index is 0.00000264. The number of rotatable bonds is 6. The monoisotopic (exact) mass is 361 g/mol. The second kappa shape index (κ2) is 9.22. The highest BCUT2D eigenvalue weighted by atomic mass is 35.5. The van der Waals surface area contributed by atoms with Crippen molar-refractivity contribution in [3.05, 3.63) is 22.4 Å². The fourth-order valence-electron chi connectivity index (χ4n) is 2.61. The van der Waals surface area contributed by atoms with Crippen LogP contribution in [0.4, 0.5) is 0 Å². The van der Waals surface area contributed by atoms with Gasteiger partial charge in [-0.2, -0.15) is 0 Å². The molecule has 0 unspecified atom stereocenters. The molecule has 0 atom stereocenters. The summed E-state index contributed by atoms with van der Waals surface area (Å²) in [6.07, 6.45) is 1.23. The summed E-state index contributed by atoms with van der Waals surface area (Å²) in [4.78, 5) is 27.2. The van der Waals surface area contributed by atoms with Crippen LogP contribution in [0, 0.1) is 5.41 Å². The van der Waals surface area contributed by atoms with Crippen molar-refractivity contribution in [3.8, 4) is 0 Å². The molecule has 1 fully saturated rings. The summed E-state index contributed by atoms with van der Waals surface area (Å²) in [5.74, 6) is -0.229. The van der Waals surface area contributed by atoms with Crippen molar-refractivity contribution in [3.63, 3.8) is 0 Å². The second-order valence-corrected chi connectivity index (χ2v) is 6.65. The third kappa shape index (κ3) is 5.17. The van der Waals surface area contributed by atoms with Gasteiger partial charge in [-0.3, -0.25) is 9.59 Å². The molecule has 2 heterocycles. The molecule has 3 N–H and O–H groups in total. The van der Waals surface area contributed by atoms with E-state index in [4.69, 9.17) is 10.5 Å². The number of carbonyl (C=O) groups excluding carboxylic acids is 2. The molecular weight excluding hydrogens is 338 g/mol. The first-order valence-corrected chi connectivity index (χ1v) is 8.28. The number of likely N-dealkylation sites (N-methyl/N-ethyl adjacent to an activating group) is 1. The molecule has 1 saturated heterocycles. The summed E-state index contributed by atoms with van der Waals surface area (Å²) in [5, 5.41) is 4.79. The van der Waals surface area contributed by atoms with Crippen LogP contribution in [0.2, 0.25) is 0 Å². The molecule has 1 aliphatic heterocycles. The van der Waals surface area contributed by atoms with Gasteiger partial charge in [0.15, 0.2) is 0 Å². The molecule has 23 heavy (non-hydrogen) atoms. The maximum Gasteiger partial charge on any atom is 0.239 e. The molecule has 0 spiro atoms. The summed E-state index contributed by atoms with van der Waals surface area (Å²) in [5.41, 5.74) is 5.25. The van der Waals surface area contributed by atoms with Crippen LogP contribution in [0.25, 0.3) is 0 Å². The SMILES string of the molecule is CN(CC(=O)NCc1cccs1)C(=O)C1(CN)CCOCC1.Cl. The zero-order valence-electron chi connectivity index (χ0n) is 13.2. The molecule has 1 aromatic rings. The first kappa shape index (κ1) is 19.9. The molecule has 8 heteroatoms. The summed E-state index contributed by atoms with van der Waals surface area (Å²) < 4.78 is 5.31. The third-order valence-electron chi connectivity index (χ3n) is 4.06. The second-order valence-electron chi connectivity index (χ2n) is 5.61. The normalized spacial score (nSPS) is 16.3. The van der Waals surface area contributed by atoms with Gasteiger partial charge in [-0.25, -0.2) is 0 Å². The van der Waals surface area contributed by atoms with Gasteiger partial charge in [-0.1, -0.05) is 6.07 Å². The number of hydrogen-bond acceptors (Lipinski definition) is 5. The molecule has 2 amide bonds. The van der Waals surface area contributed by atoms with Crippen LogP contribution in [-0.2, 0) is 20.9 Å². The maximum absolute atomic E-state index is 12.6. The zero-order valence-corrected chi connectivity index (χ0v) is 14.9. The molecular formula is C15H24ClN3O3S. The van der Waals surface area contributed by atoms with Crippen LogP contribution in [0.1, 0.15) is 17.7 Å². The number of carbonyl (C=O) groups is 2. The van der Waals surface area contributed by atoms with E-state index in [9.17, 15) is 9.59 Å². The third-order valence-corrected chi connectivity index (χ3v) is 4.94. The molecule has 130 valence electrons. The van der Waals surface area contributed by atoms with Crippen LogP contribution >= 0.6 is 23.7 Å². The fourth-order valence-corrected chi connectivity index (χ4v) is 3.26. The molecule has 0 aromatic carbocycles. The quantitative estimate of drug-likeness (QED) is 0.791. The minimum Gasteiger partial charge on any atom is -0.381 e. The number of nitrogens with zero attached hydrogens (tertiary/aromatic N) is 1. The van der Waals surface area contributed by atoms with Crippen molar-refractivity contribution >= 4 is 35.6 Å². The lowest BCUT2D eigenvalue weighted by Gasteiger charge is -2.37. The fraction of sp³-hybridized carbons (Fsp3) is 0.600. The van der Waals surface area contributed by atoms with Gasteiger partial charge in [0, 0.05) is 31.7 Å². The van der Waals surface area contributed by atoms with Crippen molar-refractivity contribution in [2.75, 3.05) is 33.4 Å². The van der Waals surface area contributed by atoms with E-state index in [-0.39, 0.29) is 37.3 Å². The van der Waals surface area contributed by atoms with Crippen LogP contribution in [0.3, 0.4) is 0 Å². The standard InChI is InChI=1S/C15H23N3O3S.ClH/c1-18(10-13(19)17-9-12-3-2-8-22-12)14(20)15(11-16)4-6-21-7-5-15;/h2-3,8H,4-7,9-11,16H2,1H3,(H,17,19);1H. The van der Waals surface area contributed by atoms with Gasteiger partial charge in [-0.15, -0.1) is 23.7 Å². The Morgan fingerprint density at radius 3 is 2.70 bits per heavy atom. The van der Waals surface area contributed by atoms with Crippen molar-refractivity contribution in [2.45, 2.75) is 19.4 Å². The van der Waals surface area contributed by atoms with Crippen LogP contribution in [0.15, 0.2) is 17.5 Å². The van der Waals surface area contributed by atoms with Crippen LogP contribution in [-0.4, -0.2) is 50.1 Å². The lowest BCUT2D eigenvalue weighted by molar-refractivity contribution is -0.148. The van der Waals surface area contributed by atoms with Crippen LogP contribution in [0.5, 0.6) is 0 Å². The Labute approximate surface area is 146 Å². The molecule has 2 rings (SSSR count). The van der Waals surface area contributed by atoms with Gasteiger partial charge in [0.1, 0.15) is 0 Å². The van der Waals surface area contributed by atoms with E-state index in [0.717, 1.165) is 4.88 Å². The van der Waals surface area contributed by atoms with Crippen molar-refractivity contribution in [1.29, 1.82) is 0 Å². The zero-order chi connectivity index (χ0) is 16.0. The molecule has 0 radical (unpaired) electrons. The Morgan fingerprint density at radius 2 is 2.13 bits per heavy atom. The summed E-state index contributed by atoms with van der Waals surface area (Å²) >= 11 is 1.59. The Kier molecular flexibility index (Phi) is 7.98. The number of hydrogen-bond donors (Lipinski definition) is 2. The lowest BCUT2D eigenvalue weighted by Crippen LogP contribution is -2.51. The number of amides is 2. The number of nitrogens with two attached hydrogens (primary N) is 1. The highest BCUT2D eigenvalue weighted by Crippen LogP contribution is 2.31. The number of ether oxygens (including phenoxy) is 1. The van der Waals surface area contributed by atoms with Gasteiger partial charge in [0.2, 0.25) is 11.8 Å². The lowest BCUT2D eigenvalue weighted by atomic mass is 9.79. The largest absolute Gasteiger partial charge is 0.381 e. The Hall–Kier alpha value is -1.15. The summed E-state index contributed by atoms with van der Waals surface area (Å²) in [7, 11) is 1.65. The van der Waals surface area contributed by atoms with Gasteiger partial charge >= 0.3 is 0 Å². The molecule has 1 aliphatic rings. The first-order valence-electron chi connectivity index (χ1n) is 7.40. The molecule has 0 aliphatic carbocycles. The van der Waals surface area contributed by atoms with E-state index in [0.29, 0.717) is 32.6 Å². The van der Waals surface area contributed by atoms with Crippen molar-refractivity contribution in [1.82, 2.24) is 10.2 Å². The average Bonchev–Trinajstić information content (AvgIpc) is 3.06. The summed E-state index contributed by atoms with van der Waals surface area (Å²) in [6.45, 7) is 1.92. The van der Waals surface area contributed by atoms with Gasteiger partial charge in [-0.05, 0) is 24.3 Å². The highest BCUT2D eigenvalue weighted by Gasteiger charge is 2.40. The molecule has 0 bridgehead atoms. The minimum absolute atomic E-state index is 0. The minimum atomic E-state index is -0.582. The van der Waals surface area contributed by atoms with E-state index >= 15 is 0 Å². The first-order chi connectivity index (χ1) is 10.6. The van der Waals surface area contributed by atoms with E-state index in [2.05, 4.69) is 5.32 Å². The Morgan fingerprint density at radius 1 is 1.43 bits per heavy atom. The summed E-state index contributed by atoms with van der Waals surface area (Å²) in [6, 6.07) is 3.91. The molecule has 1 aromatic heterocycles. The van der Waals surface area contributed by atoms with Gasteiger partial charge in [0.05, 0.1) is 18.5 Å². The van der Waals surface area contributed by atoms with Crippen molar-refractivity contribution < 1.29 is 14.3 Å². The molecule has 6 nitrogen and oxygen atoms in total. The maximum atomic E-state index is 12.6. The number of nitrogens with one attached hydrogen (secondary N) is 1. The number of thiophene rings is 1.